The summed E-state index contributed by atoms with van der Waals surface area (Å²) in [6, 6.07) is 5.37. The molecule has 2 amide bonds. The van der Waals surface area contributed by atoms with Gasteiger partial charge < -0.3 is 11.1 Å². The maximum absolute atomic E-state index is 11.6. The number of hydrogen-bond acceptors (Lipinski definition) is 2. The number of carbonyl (C=O) groups excluding carboxylic acids is 2. The van der Waals surface area contributed by atoms with Gasteiger partial charge in [-0.2, -0.15) is 0 Å². The largest absolute Gasteiger partial charge is 0.368 e. The van der Waals surface area contributed by atoms with Gasteiger partial charge in [0.05, 0.1) is 6.54 Å². The van der Waals surface area contributed by atoms with Gasteiger partial charge in [-0.05, 0) is 24.6 Å². The first-order chi connectivity index (χ1) is 7.00. The summed E-state index contributed by atoms with van der Waals surface area (Å²) in [5.41, 5.74) is 6.30. The number of nitrogens with two attached hydrogens (primary N) is 1. The predicted molar refractivity (Wildman–Crippen MR) is 60.4 cm³/mol. The van der Waals surface area contributed by atoms with E-state index in [1.807, 2.05) is 19.1 Å². The van der Waals surface area contributed by atoms with Gasteiger partial charge >= 0.3 is 0 Å². The van der Waals surface area contributed by atoms with Crippen LogP contribution in [0.1, 0.15) is 15.9 Å². The van der Waals surface area contributed by atoms with Crippen molar-refractivity contribution in [3.05, 3.63) is 33.8 Å². The van der Waals surface area contributed by atoms with Gasteiger partial charge in [-0.3, -0.25) is 9.59 Å². The number of amides is 2. The molecule has 0 aliphatic carbocycles. The number of hydrogen-bond donors (Lipinski definition) is 2. The first kappa shape index (κ1) is 11.7. The van der Waals surface area contributed by atoms with Crippen molar-refractivity contribution in [2.24, 2.45) is 5.73 Å². The lowest BCUT2D eigenvalue weighted by Gasteiger charge is -2.06. The maximum Gasteiger partial charge on any atom is 0.252 e. The predicted octanol–water partition coefficient (Wildman–Crippen LogP) is 0.973. The second kappa shape index (κ2) is 4.93. The fourth-order valence-corrected chi connectivity index (χ4v) is 1.46. The molecule has 0 aliphatic rings. The molecule has 0 bridgehead atoms. The molecule has 0 radical (unpaired) electrons. The van der Waals surface area contributed by atoms with E-state index in [-0.39, 0.29) is 12.5 Å². The van der Waals surface area contributed by atoms with Crippen molar-refractivity contribution in [1.29, 1.82) is 0 Å². The van der Waals surface area contributed by atoms with Crippen LogP contribution in [0.5, 0.6) is 0 Å². The highest BCUT2D eigenvalue weighted by molar-refractivity contribution is 9.10. The Bertz CT molecular complexity index is 404. The Hall–Kier alpha value is -1.36. The summed E-state index contributed by atoms with van der Waals surface area (Å²) >= 11 is 3.27. The molecule has 0 aromatic heterocycles. The first-order valence-electron chi connectivity index (χ1n) is 4.33. The highest BCUT2D eigenvalue weighted by Gasteiger charge is 2.09. The molecule has 0 spiro atoms. The van der Waals surface area contributed by atoms with Crippen molar-refractivity contribution >= 4 is 27.7 Å². The minimum atomic E-state index is -0.559. The smallest absolute Gasteiger partial charge is 0.252 e. The number of halogens is 1. The summed E-state index contributed by atoms with van der Waals surface area (Å²) in [6.45, 7) is 1.68. The summed E-state index contributed by atoms with van der Waals surface area (Å²) < 4.78 is 0.817. The second-order valence-corrected chi connectivity index (χ2v) is 4.02. The molecular formula is C10H11BrN2O2. The van der Waals surface area contributed by atoms with E-state index in [9.17, 15) is 9.59 Å². The molecule has 0 unspecified atom stereocenters. The molecule has 1 aromatic carbocycles. The van der Waals surface area contributed by atoms with Gasteiger partial charge in [0, 0.05) is 10.0 Å². The molecular weight excluding hydrogens is 260 g/mol. The van der Waals surface area contributed by atoms with E-state index in [4.69, 9.17) is 5.73 Å². The average molecular weight is 271 g/mol. The molecule has 0 saturated carbocycles. The topological polar surface area (TPSA) is 72.2 Å². The summed E-state index contributed by atoms with van der Waals surface area (Å²) in [5.74, 6) is -0.858. The Kier molecular flexibility index (Phi) is 3.85. The second-order valence-electron chi connectivity index (χ2n) is 3.11. The SMILES string of the molecule is Cc1ccc(Br)cc1C(=O)NCC(N)=O. The molecule has 5 heteroatoms. The zero-order valence-corrected chi connectivity index (χ0v) is 9.80. The van der Waals surface area contributed by atoms with Crippen LogP contribution in [0.25, 0.3) is 0 Å². The minimum Gasteiger partial charge on any atom is -0.368 e. The normalized spacial score (nSPS) is 9.73. The Labute approximate surface area is 96.0 Å². The van der Waals surface area contributed by atoms with Gasteiger partial charge in [0.25, 0.3) is 5.91 Å². The molecule has 4 nitrogen and oxygen atoms in total. The van der Waals surface area contributed by atoms with Crippen molar-refractivity contribution in [3.8, 4) is 0 Å². The van der Waals surface area contributed by atoms with E-state index in [1.165, 1.54) is 0 Å². The number of carbonyl (C=O) groups is 2. The third-order valence-corrected chi connectivity index (χ3v) is 2.36. The van der Waals surface area contributed by atoms with E-state index < -0.39 is 5.91 Å². The first-order valence-corrected chi connectivity index (χ1v) is 5.12. The average Bonchev–Trinajstić information content (AvgIpc) is 2.18. The molecule has 80 valence electrons. The summed E-state index contributed by atoms with van der Waals surface area (Å²) in [4.78, 5) is 22.1. The van der Waals surface area contributed by atoms with Crippen molar-refractivity contribution < 1.29 is 9.59 Å². The number of benzene rings is 1. The van der Waals surface area contributed by atoms with E-state index in [0.717, 1.165) is 10.0 Å². The number of nitrogens with one attached hydrogen (secondary N) is 1. The highest BCUT2D eigenvalue weighted by atomic mass is 79.9. The van der Waals surface area contributed by atoms with Crippen LogP contribution in [0.4, 0.5) is 0 Å². The van der Waals surface area contributed by atoms with Crippen molar-refractivity contribution in [3.63, 3.8) is 0 Å². The Morgan fingerprint density at radius 1 is 1.47 bits per heavy atom. The lowest BCUT2D eigenvalue weighted by atomic mass is 10.1. The monoisotopic (exact) mass is 270 g/mol. The Morgan fingerprint density at radius 3 is 2.73 bits per heavy atom. The number of primary amides is 1. The summed E-state index contributed by atoms with van der Waals surface area (Å²) in [5, 5.41) is 2.43. The highest BCUT2D eigenvalue weighted by Crippen LogP contribution is 2.15. The van der Waals surface area contributed by atoms with Gasteiger partial charge in [-0.25, -0.2) is 0 Å². The molecule has 0 aliphatic heterocycles. The molecule has 1 aromatic rings. The molecule has 0 heterocycles. The summed E-state index contributed by atoms with van der Waals surface area (Å²) in [7, 11) is 0. The van der Waals surface area contributed by atoms with Crippen LogP contribution in [-0.4, -0.2) is 18.4 Å². The maximum atomic E-state index is 11.6. The van der Waals surface area contributed by atoms with Crippen molar-refractivity contribution in [2.75, 3.05) is 6.54 Å². The minimum absolute atomic E-state index is 0.148. The van der Waals surface area contributed by atoms with Crippen molar-refractivity contribution in [2.45, 2.75) is 6.92 Å². The third kappa shape index (κ3) is 3.36. The quantitative estimate of drug-likeness (QED) is 0.859. The van der Waals surface area contributed by atoms with Gasteiger partial charge in [0.15, 0.2) is 0 Å². The lowest BCUT2D eigenvalue weighted by Crippen LogP contribution is -2.33. The van der Waals surface area contributed by atoms with Crippen LogP contribution >= 0.6 is 15.9 Å². The summed E-state index contributed by atoms with van der Waals surface area (Å²) in [6.07, 6.45) is 0. The Morgan fingerprint density at radius 2 is 2.13 bits per heavy atom. The van der Waals surface area contributed by atoms with Crippen LogP contribution < -0.4 is 11.1 Å². The molecule has 0 saturated heterocycles. The lowest BCUT2D eigenvalue weighted by molar-refractivity contribution is -0.117. The molecule has 15 heavy (non-hydrogen) atoms. The van der Waals surface area contributed by atoms with Gasteiger partial charge in [0.2, 0.25) is 5.91 Å². The van der Waals surface area contributed by atoms with E-state index in [0.29, 0.717) is 5.56 Å². The molecule has 1 rings (SSSR count). The number of rotatable bonds is 3. The zero-order valence-electron chi connectivity index (χ0n) is 8.21. The van der Waals surface area contributed by atoms with E-state index in [1.54, 1.807) is 6.07 Å². The zero-order chi connectivity index (χ0) is 11.4. The Balaban J connectivity index is 2.81. The molecule has 0 atom stereocenters. The van der Waals surface area contributed by atoms with Crippen LogP contribution in [0, 0.1) is 6.92 Å². The van der Waals surface area contributed by atoms with Crippen LogP contribution in [0.15, 0.2) is 22.7 Å². The van der Waals surface area contributed by atoms with Crippen LogP contribution in [0.3, 0.4) is 0 Å². The van der Waals surface area contributed by atoms with E-state index >= 15 is 0 Å². The van der Waals surface area contributed by atoms with Gasteiger partial charge in [-0.15, -0.1) is 0 Å². The van der Waals surface area contributed by atoms with Crippen LogP contribution in [0.2, 0.25) is 0 Å². The standard InChI is InChI=1S/C10H11BrN2O2/c1-6-2-3-7(11)4-8(6)10(15)13-5-9(12)14/h2-4H,5H2,1H3,(H2,12,14)(H,13,15). The molecule has 0 fully saturated rings. The number of aryl methyl sites for hydroxylation is 1. The van der Waals surface area contributed by atoms with E-state index in [2.05, 4.69) is 21.2 Å². The van der Waals surface area contributed by atoms with Gasteiger partial charge in [0.1, 0.15) is 0 Å². The van der Waals surface area contributed by atoms with Crippen LogP contribution in [-0.2, 0) is 4.79 Å². The fourth-order valence-electron chi connectivity index (χ4n) is 1.10. The fraction of sp³-hybridized carbons (Fsp3) is 0.200. The van der Waals surface area contributed by atoms with Gasteiger partial charge in [-0.1, -0.05) is 22.0 Å². The van der Waals surface area contributed by atoms with Crippen molar-refractivity contribution in [1.82, 2.24) is 5.32 Å². The molecule has 3 N–H and O–H groups in total. The third-order valence-electron chi connectivity index (χ3n) is 1.87.